The van der Waals surface area contributed by atoms with Gasteiger partial charge in [-0.1, -0.05) is 25.4 Å². The molecule has 132 valence electrons. The molecule has 1 aliphatic rings. The Morgan fingerprint density at radius 2 is 2.16 bits per heavy atom. The van der Waals surface area contributed by atoms with Crippen LogP contribution in [-0.4, -0.2) is 35.8 Å². The van der Waals surface area contributed by atoms with Crippen molar-refractivity contribution in [2.75, 3.05) is 18.0 Å². The number of hydrogen-bond acceptors (Lipinski definition) is 4. The molecule has 5 nitrogen and oxygen atoms in total. The predicted octanol–water partition coefficient (Wildman–Crippen LogP) is 3.44. The highest BCUT2D eigenvalue weighted by molar-refractivity contribution is 6.36. The number of amides is 1. The predicted molar refractivity (Wildman–Crippen MR) is 100 cm³/mol. The van der Waals surface area contributed by atoms with E-state index in [9.17, 15) is 9.59 Å². The largest absolute Gasteiger partial charge is 0.367 e. The second-order valence-corrected chi connectivity index (χ2v) is 7.21. The third kappa shape index (κ3) is 3.47. The monoisotopic (exact) mass is 359 g/mol. The molecule has 1 amide bonds. The third-order valence-electron chi connectivity index (χ3n) is 4.57. The van der Waals surface area contributed by atoms with Crippen LogP contribution in [0.15, 0.2) is 24.4 Å². The van der Waals surface area contributed by atoms with Gasteiger partial charge in [-0.05, 0) is 31.5 Å². The van der Waals surface area contributed by atoms with Gasteiger partial charge in [0, 0.05) is 42.2 Å². The van der Waals surface area contributed by atoms with Crippen LogP contribution in [0.4, 0.5) is 5.69 Å². The van der Waals surface area contributed by atoms with Gasteiger partial charge in [0.25, 0.3) is 0 Å². The van der Waals surface area contributed by atoms with Crippen molar-refractivity contribution in [3.05, 3.63) is 35.0 Å². The number of halogens is 1. The number of carbonyl (C=O) groups is 2. The summed E-state index contributed by atoms with van der Waals surface area (Å²) in [5.41, 5.74) is 2.12. The number of nitrogens with one attached hydrogen (secondary N) is 1. The Kier molecular flexibility index (Phi) is 4.95. The van der Waals surface area contributed by atoms with Gasteiger partial charge in [-0.25, -0.2) is 0 Å². The Morgan fingerprint density at radius 1 is 1.40 bits per heavy atom. The molecule has 1 atom stereocenters. The second-order valence-electron chi connectivity index (χ2n) is 6.81. The van der Waals surface area contributed by atoms with Crippen molar-refractivity contribution < 1.29 is 9.59 Å². The summed E-state index contributed by atoms with van der Waals surface area (Å²) in [4.78, 5) is 30.8. The second kappa shape index (κ2) is 7.00. The number of anilines is 1. The minimum atomic E-state index is -0.0425. The lowest BCUT2D eigenvalue weighted by molar-refractivity contribution is -0.124. The van der Waals surface area contributed by atoms with Crippen LogP contribution >= 0.6 is 11.6 Å². The van der Waals surface area contributed by atoms with Gasteiger partial charge in [0.15, 0.2) is 5.78 Å². The molecule has 3 rings (SSSR count). The minimum absolute atomic E-state index is 0.0418. The minimum Gasteiger partial charge on any atom is -0.367 e. The first kappa shape index (κ1) is 17.7. The van der Waals surface area contributed by atoms with Crippen molar-refractivity contribution in [2.24, 2.45) is 5.92 Å². The van der Waals surface area contributed by atoms with Crippen molar-refractivity contribution in [2.45, 2.75) is 33.2 Å². The lowest BCUT2D eigenvalue weighted by Gasteiger charge is -2.23. The fourth-order valence-corrected chi connectivity index (χ4v) is 3.49. The molecule has 1 aliphatic heterocycles. The van der Waals surface area contributed by atoms with Gasteiger partial charge in [-0.3, -0.25) is 14.6 Å². The first-order valence-electron chi connectivity index (χ1n) is 8.52. The van der Waals surface area contributed by atoms with Crippen LogP contribution in [0.5, 0.6) is 0 Å². The third-order valence-corrected chi connectivity index (χ3v) is 4.88. The molecule has 1 fully saturated rings. The molecule has 0 saturated carbocycles. The summed E-state index contributed by atoms with van der Waals surface area (Å²) in [5.74, 6) is -0.0308. The topological polar surface area (TPSA) is 62.3 Å². The smallest absolute Gasteiger partial charge is 0.222 e. The van der Waals surface area contributed by atoms with Crippen LogP contribution in [0.1, 0.15) is 37.6 Å². The Morgan fingerprint density at radius 3 is 2.84 bits per heavy atom. The number of hydrogen-bond donors (Lipinski definition) is 1. The molecule has 2 heterocycles. The average molecular weight is 360 g/mol. The lowest BCUT2D eigenvalue weighted by Crippen LogP contribution is -2.39. The molecule has 1 aromatic carbocycles. The van der Waals surface area contributed by atoms with E-state index in [4.69, 9.17) is 11.6 Å². The normalized spacial score (nSPS) is 17.3. The number of aromatic nitrogens is 1. The number of nitrogens with zero attached hydrogens (tertiary/aromatic N) is 2. The standard InChI is InChI=1S/C19H22ClN3O2/c1-11(2)19(25)22-13-6-8-23(10-13)18-15(12(3)24)9-16(20)14-5-4-7-21-17(14)18/h4-5,7,9,11,13H,6,8,10H2,1-3H3,(H,22,25). The van der Waals surface area contributed by atoms with Crippen LogP contribution in [0.25, 0.3) is 10.9 Å². The first-order valence-corrected chi connectivity index (χ1v) is 8.89. The average Bonchev–Trinajstić information content (AvgIpc) is 3.02. The molecular formula is C19H22ClN3O2. The van der Waals surface area contributed by atoms with E-state index < -0.39 is 0 Å². The van der Waals surface area contributed by atoms with E-state index in [0.717, 1.165) is 29.6 Å². The van der Waals surface area contributed by atoms with E-state index in [1.165, 1.54) is 6.92 Å². The van der Waals surface area contributed by atoms with Crippen molar-refractivity contribution in [3.63, 3.8) is 0 Å². The van der Waals surface area contributed by atoms with Crippen LogP contribution in [0, 0.1) is 5.92 Å². The molecule has 2 aromatic rings. The number of benzene rings is 1. The van der Waals surface area contributed by atoms with Gasteiger partial charge in [0.2, 0.25) is 5.91 Å². The fourth-order valence-electron chi connectivity index (χ4n) is 3.22. The van der Waals surface area contributed by atoms with Crippen molar-refractivity contribution in [1.82, 2.24) is 10.3 Å². The Hall–Kier alpha value is -2.14. The maximum Gasteiger partial charge on any atom is 0.222 e. The fraction of sp³-hybridized carbons (Fsp3) is 0.421. The summed E-state index contributed by atoms with van der Waals surface area (Å²) in [6.45, 7) is 6.72. The molecule has 1 aromatic heterocycles. The Balaban J connectivity index is 1.98. The van der Waals surface area contributed by atoms with Crippen LogP contribution < -0.4 is 10.2 Å². The molecule has 0 aliphatic carbocycles. The molecule has 0 spiro atoms. The van der Waals surface area contributed by atoms with Crippen molar-refractivity contribution in [1.29, 1.82) is 0 Å². The SMILES string of the molecule is CC(=O)c1cc(Cl)c2cccnc2c1N1CCC(NC(=O)C(C)C)C1. The summed E-state index contributed by atoms with van der Waals surface area (Å²) >= 11 is 6.35. The van der Waals surface area contributed by atoms with Crippen LogP contribution in [0.2, 0.25) is 5.02 Å². The summed E-state index contributed by atoms with van der Waals surface area (Å²) in [5, 5.41) is 4.44. The zero-order valence-electron chi connectivity index (χ0n) is 14.7. The molecule has 1 unspecified atom stereocenters. The zero-order valence-corrected chi connectivity index (χ0v) is 15.4. The molecule has 25 heavy (non-hydrogen) atoms. The summed E-state index contributed by atoms with van der Waals surface area (Å²) in [6.07, 6.45) is 2.55. The molecular weight excluding hydrogens is 338 g/mol. The molecule has 0 radical (unpaired) electrons. The maximum absolute atomic E-state index is 12.2. The van der Waals surface area contributed by atoms with Crippen LogP contribution in [0.3, 0.4) is 0 Å². The van der Waals surface area contributed by atoms with Crippen molar-refractivity contribution >= 4 is 39.9 Å². The summed E-state index contributed by atoms with van der Waals surface area (Å²) < 4.78 is 0. The van der Waals surface area contributed by atoms with Gasteiger partial charge >= 0.3 is 0 Å². The molecule has 6 heteroatoms. The maximum atomic E-state index is 12.2. The number of Topliss-reactive ketones (excluding diaryl/α,β-unsaturated/α-hetero) is 1. The zero-order chi connectivity index (χ0) is 18.1. The van der Waals surface area contributed by atoms with Gasteiger partial charge < -0.3 is 10.2 Å². The Bertz CT molecular complexity index is 835. The Labute approximate surface area is 152 Å². The van der Waals surface area contributed by atoms with E-state index in [2.05, 4.69) is 15.2 Å². The molecule has 1 N–H and O–H groups in total. The number of pyridine rings is 1. The number of fused-ring (bicyclic) bond motifs is 1. The lowest BCUT2D eigenvalue weighted by atomic mass is 10.0. The van der Waals surface area contributed by atoms with E-state index in [-0.39, 0.29) is 23.7 Å². The van der Waals surface area contributed by atoms with Gasteiger partial charge in [-0.2, -0.15) is 0 Å². The number of rotatable bonds is 4. The van der Waals surface area contributed by atoms with E-state index >= 15 is 0 Å². The summed E-state index contributed by atoms with van der Waals surface area (Å²) in [6, 6.07) is 5.54. The first-order chi connectivity index (χ1) is 11.9. The van der Waals surface area contributed by atoms with Crippen molar-refractivity contribution in [3.8, 4) is 0 Å². The highest BCUT2D eigenvalue weighted by atomic mass is 35.5. The molecule has 1 saturated heterocycles. The highest BCUT2D eigenvalue weighted by Gasteiger charge is 2.29. The quantitative estimate of drug-likeness (QED) is 0.849. The number of carbonyl (C=O) groups excluding carboxylic acids is 2. The van der Waals surface area contributed by atoms with E-state index in [1.54, 1.807) is 12.3 Å². The molecule has 0 bridgehead atoms. The number of ketones is 1. The summed E-state index contributed by atoms with van der Waals surface area (Å²) in [7, 11) is 0. The highest BCUT2D eigenvalue weighted by Crippen LogP contribution is 2.36. The van der Waals surface area contributed by atoms with E-state index in [1.807, 2.05) is 26.0 Å². The van der Waals surface area contributed by atoms with Gasteiger partial charge in [-0.15, -0.1) is 0 Å². The van der Waals surface area contributed by atoms with E-state index in [0.29, 0.717) is 17.1 Å². The van der Waals surface area contributed by atoms with Gasteiger partial charge in [0.1, 0.15) is 0 Å². The van der Waals surface area contributed by atoms with Crippen LogP contribution in [-0.2, 0) is 4.79 Å². The van der Waals surface area contributed by atoms with Gasteiger partial charge in [0.05, 0.1) is 16.2 Å².